The van der Waals surface area contributed by atoms with Crippen LogP contribution in [0, 0.1) is 5.82 Å². The molecule has 0 unspecified atom stereocenters. The van der Waals surface area contributed by atoms with Crippen LogP contribution in [0.1, 0.15) is 31.2 Å². The van der Waals surface area contributed by atoms with Crippen LogP contribution in [0.2, 0.25) is 0 Å². The molecule has 1 aliphatic carbocycles. The van der Waals surface area contributed by atoms with E-state index in [2.05, 4.69) is 0 Å². The summed E-state index contributed by atoms with van der Waals surface area (Å²) in [6.07, 6.45) is 3.96. The average molecular weight is 232 g/mol. The van der Waals surface area contributed by atoms with Crippen molar-refractivity contribution >= 4 is 17.6 Å². The third-order valence-electron chi connectivity index (χ3n) is 2.84. The molecule has 0 saturated heterocycles. The van der Waals surface area contributed by atoms with Crippen molar-refractivity contribution < 1.29 is 14.0 Å². The van der Waals surface area contributed by atoms with Crippen LogP contribution in [0.15, 0.2) is 29.8 Å². The lowest BCUT2D eigenvalue weighted by molar-refractivity contribution is -0.120. The summed E-state index contributed by atoms with van der Waals surface area (Å²) in [5, 5.41) is 0. The summed E-state index contributed by atoms with van der Waals surface area (Å²) >= 11 is 0. The molecule has 0 heterocycles. The minimum absolute atomic E-state index is 0.100. The van der Waals surface area contributed by atoms with Crippen LogP contribution in [0.5, 0.6) is 0 Å². The quantitative estimate of drug-likeness (QED) is 0.424. The van der Waals surface area contributed by atoms with Gasteiger partial charge in [-0.3, -0.25) is 9.59 Å². The maximum atomic E-state index is 12.7. The Morgan fingerprint density at radius 1 is 0.941 bits per heavy atom. The first-order valence-corrected chi connectivity index (χ1v) is 5.70. The highest BCUT2D eigenvalue weighted by molar-refractivity contribution is 6.23. The third-order valence-corrected chi connectivity index (χ3v) is 2.84. The Morgan fingerprint density at radius 3 is 2.00 bits per heavy atom. The second-order valence-electron chi connectivity index (χ2n) is 4.16. The Bertz CT molecular complexity index is 452. The van der Waals surface area contributed by atoms with Crippen molar-refractivity contribution in [2.45, 2.75) is 25.7 Å². The van der Waals surface area contributed by atoms with Crippen LogP contribution < -0.4 is 0 Å². The predicted molar refractivity (Wildman–Crippen MR) is 62.9 cm³/mol. The van der Waals surface area contributed by atoms with Gasteiger partial charge in [0.1, 0.15) is 5.82 Å². The molecule has 1 aromatic rings. The Balaban J connectivity index is 2.32. The van der Waals surface area contributed by atoms with E-state index in [-0.39, 0.29) is 23.0 Å². The van der Waals surface area contributed by atoms with Gasteiger partial charge in [0.25, 0.3) is 0 Å². The maximum Gasteiger partial charge on any atom is 0.166 e. The van der Waals surface area contributed by atoms with Crippen molar-refractivity contribution in [3.05, 3.63) is 41.2 Å². The van der Waals surface area contributed by atoms with Crippen molar-refractivity contribution in [3.8, 4) is 0 Å². The highest BCUT2D eigenvalue weighted by Crippen LogP contribution is 2.19. The second kappa shape index (κ2) is 5.04. The zero-order valence-corrected chi connectivity index (χ0v) is 9.41. The lowest BCUT2D eigenvalue weighted by Gasteiger charge is -2.01. The Kier molecular flexibility index (Phi) is 3.47. The van der Waals surface area contributed by atoms with Gasteiger partial charge in [-0.2, -0.15) is 0 Å². The number of benzene rings is 1. The molecule has 1 saturated carbocycles. The molecule has 3 heteroatoms. The molecule has 1 aromatic carbocycles. The Hall–Kier alpha value is -1.77. The molecule has 17 heavy (non-hydrogen) atoms. The van der Waals surface area contributed by atoms with E-state index >= 15 is 0 Å². The summed E-state index contributed by atoms with van der Waals surface area (Å²) in [7, 11) is 0. The van der Waals surface area contributed by atoms with Gasteiger partial charge in [-0.1, -0.05) is 12.1 Å². The van der Waals surface area contributed by atoms with Crippen LogP contribution in [-0.4, -0.2) is 11.6 Å². The van der Waals surface area contributed by atoms with Crippen molar-refractivity contribution in [1.82, 2.24) is 0 Å². The molecular weight excluding hydrogens is 219 g/mol. The van der Waals surface area contributed by atoms with Gasteiger partial charge in [0.2, 0.25) is 0 Å². The Labute approximate surface area is 99.1 Å². The Morgan fingerprint density at radius 2 is 1.47 bits per heavy atom. The molecule has 0 N–H and O–H groups in total. The fourth-order valence-electron chi connectivity index (χ4n) is 1.88. The first-order valence-electron chi connectivity index (χ1n) is 5.70. The third kappa shape index (κ3) is 2.87. The summed E-state index contributed by atoms with van der Waals surface area (Å²) in [6.45, 7) is 0. The first-order chi connectivity index (χ1) is 8.16. The number of rotatable bonds is 1. The number of allylic oxidation sites excluding steroid dienone is 1. The molecule has 0 bridgehead atoms. The predicted octanol–water partition coefficient (Wildman–Crippen LogP) is 2.92. The molecule has 2 nitrogen and oxygen atoms in total. The normalized spacial score (nSPS) is 16.9. The van der Waals surface area contributed by atoms with E-state index < -0.39 is 0 Å². The van der Waals surface area contributed by atoms with Crippen molar-refractivity contribution in [2.24, 2.45) is 0 Å². The standard InChI is InChI=1S/C14H13FO2/c15-11-7-5-10(6-8-11)9-12-13(16)3-1-2-4-14(12)17/h5-9H,1-4H2. The molecule has 0 amide bonds. The van der Waals surface area contributed by atoms with E-state index in [4.69, 9.17) is 0 Å². The van der Waals surface area contributed by atoms with Gasteiger partial charge >= 0.3 is 0 Å². The van der Waals surface area contributed by atoms with Gasteiger partial charge in [-0.15, -0.1) is 0 Å². The molecule has 0 atom stereocenters. The van der Waals surface area contributed by atoms with Gasteiger partial charge in [-0.25, -0.2) is 4.39 Å². The fraction of sp³-hybridized carbons (Fsp3) is 0.286. The van der Waals surface area contributed by atoms with E-state index in [1.807, 2.05) is 0 Å². The van der Waals surface area contributed by atoms with E-state index in [1.54, 1.807) is 18.2 Å². The number of hydrogen-bond acceptors (Lipinski definition) is 2. The topological polar surface area (TPSA) is 34.1 Å². The largest absolute Gasteiger partial charge is 0.294 e. The number of halogens is 1. The van der Waals surface area contributed by atoms with E-state index in [9.17, 15) is 14.0 Å². The SMILES string of the molecule is O=C1CCCCC(=O)C1=Cc1ccc(F)cc1. The minimum Gasteiger partial charge on any atom is -0.294 e. The first kappa shape index (κ1) is 11.7. The summed E-state index contributed by atoms with van der Waals surface area (Å²) in [5.74, 6) is -0.528. The van der Waals surface area contributed by atoms with Crippen LogP contribution in [0.25, 0.3) is 6.08 Å². The zero-order chi connectivity index (χ0) is 12.3. The molecule has 0 aliphatic heterocycles. The van der Waals surface area contributed by atoms with Gasteiger partial charge < -0.3 is 0 Å². The van der Waals surface area contributed by atoms with Crippen molar-refractivity contribution in [2.75, 3.05) is 0 Å². The minimum atomic E-state index is -0.328. The molecule has 2 rings (SSSR count). The van der Waals surface area contributed by atoms with E-state index in [0.717, 1.165) is 12.8 Å². The van der Waals surface area contributed by atoms with Gasteiger partial charge in [-0.05, 0) is 36.6 Å². The molecule has 1 aliphatic rings. The smallest absolute Gasteiger partial charge is 0.166 e. The average Bonchev–Trinajstić information content (AvgIpc) is 2.47. The number of carbonyl (C=O) groups is 2. The van der Waals surface area contributed by atoms with Crippen molar-refractivity contribution in [3.63, 3.8) is 0 Å². The van der Waals surface area contributed by atoms with Crippen molar-refractivity contribution in [1.29, 1.82) is 0 Å². The van der Waals surface area contributed by atoms with Crippen LogP contribution >= 0.6 is 0 Å². The zero-order valence-electron chi connectivity index (χ0n) is 9.41. The van der Waals surface area contributed by atoms with E-state index in [1.165, 1.54) is 12.1 Å². The molecule has 0 aromatic heterocycles. The summed E-state index contributed by atoms with van der Waals surface area (Å²) < 4.78 is 12.7. The highest BCUT2D eigenvalue weighted by atomic mass is 19.1. The van der Waals surface area contributed by atoms with Gasteiger partial charge in [0.15, 0.2) is 11.6 Å². The monoisotopic (exact) mass is 232 g/mol. The molecular formula is C14H13FO2. The molecule has 0 spiro atoms. The maximum absolute atomic E-state index is 12.7. The summed E-state index contributed by atoms with van der Waals surface area (Å²) in [4.78, 5) is 23.5. The lowest BCUT2D eigenvalue weighted by Crippen LogP contribution is -2.09. The number of ketones is 2. The highest BCUT2D eigenvalue weighted by Gasteiger charge is 2.20. The summed E-state index contributed by atoms with van der Waals surface area (Å²) in [5.41, 5.74) is 0.944. The van der Waals surface area contributed by atoms with E-state index in [0.29, 0.717) is 18.4 Å². The number of hydrogen-bond donors (Lipinski definition) is 0. The van der Waals surface area contributed by atoms with Crippen LogP contribution in [0.4, 0.5) is 4.39 Å². The van der Waals surface area contributed by atoms with Gasteiger partial charge in [0, 0.05) is 12.8 Å². The number of carbonyl (C=O) groups excluding carboxylic acids is 2. The van der Waals surface area contributed by atoms with Crippen LogP contribution in [0.3, 0.4) is 0 Å². The summed E-state index contributed by atoms with van der Waals surface area (Å²) in [6, 6.07) is 5.76. The molecule has 0 radical (unpaired) electrons. The van der Waals surface area contributed by atoms with Crippen LogP contribution in [-0.2, 0) is 9.59 Å². The van der Waals surface area contributed by atoms with Gasteiger partial charge in [0.05, 0.1) is 5.57 Å². The lowest BCUT2D eigenvalue weighted by atomic mass is 10.0. The second-order valence-corrected chi connectivity index (χ2v) is 4.16. The fourth-order valence-corrected chi connectivity index (χ4v) is 1.88. The number of Topliss-reactive ketones (excluding diaryl/α,β-unsaturated/α-hetero) is 2. The molecule has 88 valence electrons. The molecule has 1 fully saturated rings.